The van der Waals surface area contributed by atoms with Gasteiger partial charge in [0.25, 0.3) is 0 Å². The van der Waals surface area contributed by atoms with Crippen LogP contribution in [0.5, 0.6) is 0 Å². The lowest BCUT2D eigenvalue weighted by atomic mass is 10.2. The van der Waals surface area contributed by atoms with Crippen molar-refractivity contribution in [2.75, 3.05) is 0 Å². The molecule has 0 atom stereocenters. The van der Waals surface area contributed by atoms with Crippen LogP contribution in [0.4, 0.5) is 0 Å². The Morgan fingerprint density at radius 2 is 1.94 bits per heavy atom. The number of fused-ring (bicyclic) bond motifs is 1. The minimum absolute atomic E-state index is 0.959. The van der Waals surface area contributed by atoms with Crippen molar-refractivity contribution < 1.29 is 0 Å². The van der Waals surface area contributed by atoms with Crippen molar-refractivity contribution in [1.82, 2.24) is 4.57 Å². The van der Waals surface area contributed by atoms with Crippen molar-refractivity contribution >= 4 is 21.6 Å². The Balaban J connectivity index is 2.00. The van der Waals surface area contributed by atoms with Gasteiger partial charge in [0.2, 0.25) is 0 Å². The zero-order chi connectivity index (χ0) is 11.0. The summed E-state index contributed by atoms with van der Waals surface area (Å²) in [5.74, 6) is 0. The van der Waals surface area contributed by atoms with Crippen molar-refractivity contribution in [3.05, 3.63) is 59.1 Å². The Kier molecular flexibility index (Phi) is 2.29. The van der Waals surface area contributed by atoms with E-state index in [9.17, 15) is 0 Å². The number of hydrogen-bond acceptors (Lipinski definition) is 1. The van der Waals surface area contributed by atoms with E-state index >= 15 is 0 Å². The Hall–Kier alpha value is -1.54. The largest absolute Gasteiger partial charge is 0.342 e. The van der Waals surface area contributed by atoms with Crippen molar-refractivity contribution in [2.24, 2.45) is 0 Å². The normalized spacial score (nSPS) is 11.1. The summed E-state index contributed by atoms with van der Waals surface area (Å²) in [6.07, 6.45) is 2.17. The van der Waals surface area contributed by atoms with Crippen molar-refractivity contribution in [3.63, 3.8) is 0 Å². The molecule has 0 aliphatic carbocycles. The van der Waals surface area contributed by atoms with E-state index in [1.165, 1.54) is 20.7 Å². The van der Waals surface area contributed by atoms with Gasteiger partial charge >= 0.3 is 0 Å². The van der Waals surface area contributed by atoms with Crippen molar-refractivity contribution in [1.29, 1.82) is 0 Å². The molecular formula is C14H13NS. The number of thiophene rings is 1. The summed E-state index contributed by atoms with van der Waals surface area (Å²) in [7, 11) is 0. The lowest BCUT2D eigenvalue weighted by Gasteiger charge is -2.03. The van der Waals surface area contributed by atoms with E-state index in [1.807, 2.05) is 11.3 Å². The van der Waals surface area contributed by atoms with E-state index in [0.717, 1.165) is 6.54 Å². The first-order valence-electron chi connectivity index (χ1n) is 5.42. The molecule has 2 heteroatoms. The molecule has 0 aliphatic heterocycles. The van der Waals surface area contributed by atoms with Gasteiger partial charge in [-0.15, -0.1) is 11.3 Å². The second-order valence-corrected chi connectivity index (χ2v) is 5.32. The topological polar surface area (TPSA) is 4.93 Å². The van der Waals surface area contributed by atoms with Crippen LogP contribution in [0.3, 0.4) is 0 Å². The Morgan fingerprint density at radius 3 is 2.75 bits per heavy atom. The van der Waals surface area contributed by atoms with Gasteiger partial charge in [-0.2, -0.15) is 0 Å². The number of aromatic nitrogens is 1. The van der Waals surface area contributed by atoms with Crippen LogP contribution in [0.25, 0.3) is 10.2 Å². The van der Waals surface area contributed by atoms with Crippen LogP contribution < -0.4 is 0 Å². The van der Waals surface area contributed by atoms with Crippen LogP contribution in [0.15, 0.2) is 48.7 Å². The summed E-state index contributed by atoms with van der Waals surface area (Å²) >= 11 is 1.86. The second-order valence-electron chi connectivity index (χ2n) is 4.04. The minimum atomic E-state index is 0.959. The van der Waals surface area contributed by atoms with E-state index < -0.39 is 0 Å². The molecule has 1 nitrogen and oxygen atoms in total. The molecular weight excluding hydrogens is 214 g/mol. The van der Waals surface area contributed by atoms with E-state index in [-0.39, 0.29) is 0 Å². The van der Waals surface area contributed by atoms with Crippen LogP contribution in [-0.4, -0.2) is 4.57 Å². The van der Waals surface area contributed by atoms with E-state index in [4.69, 9.17) is 0 Å². The first-order chi connectivity index (χ1) is 7.83. The molecule has 80 valence electrons. The van der Waals surface area contributed by atoms with Gasteiger partial charge in [-0.3, -0.25) is 0 Å². The number of nitrogens with zero attached hydrogens (tertiary/aromatic N) is 1. The predicted octanol–water partition coefficient (Wildman–Crippen LogP) is 4.06. The van der Waals surface area contributed by atoms with Crippen LogP contribution in [-0.2, 0) is 6.54 Å². The lowest BCUT2D eigenvalue weighted by molar-refractivity contribution is 0.837. The highest BCUT2D eigenvalue weighted by atomic mass is 32.1. The molecule has 0 fully saturated rings. The number of hydrogen-bond donors (Lipinski definition) is 0. The van der Waals surface area contributed by atoms with Gasteiger partial charge in [-0.05, 0) is 24.6 Å². The standard InChI is InChI=1S/C14H13NS/c1-11-9-13-14(16-11)7-8-15(13)10-12-5-3-2-4-6-12/h2-9H,10H2,1H3. The third-order valence-electron chi connectivity index (χ3n) is 2.77. The quantitative estimate of drug-likeness (QED) is 0.622. The van der Waals surface area contributed by atoms with Gasteiger partial charge in [0.05, 0.1) is 10.2 Å². The van der Waals surface area contributed by atoms with Gasteiger partial charge in [0, 0.05) is 17.6 Å². The lowest BCUT2D eigenvalue weighted by Crippen LogP contribution is -1.96. The average Bonchev–Trinajstić information content (AvgIpc) is 2.81. The summed E-state index contributed by atoms with van der Waals surface area (Å²) < 4.78 is 3.70. The highest BCUT2D eigenvalue weighted by Gasteiger charge is 2.04. The van der Waals surface area contributed by atoms with Gasteiger partial charge < -0.3 is 4.57 Å². The SMILES string of the molecule is Cc1cc2c(ccn2Cc2ccccc2)s1. The third kappa shape index (κ3) is 1.65. The monoisotopic (exact) mass is 227 g/mol. The maximum Gasteiger partial charge on any atom is 0.0595 e. The maximum absolute atomic E-state index is 2.31. The van der Waals surface area contributed by atoms with Gasteiger partial charge in [-0.1, -0.05) is 30.3 Å². The van der Waals surface area contributed by atoms with Gasteiger partial charge in [0.1, 0.15) is 0 Å². The number of rotatable bonds is 2. The molecule has 3 aromatic rings. The Morgan fingerprint density at radius 1 is 1.12 bits per heavy atom. The summed E-state index contributed by atoms with van der Waals surface area (Å²) in [5, 5.41) is 0. The molecule has 0 bridgehead atoms. The van der Waals surface area contributed by atoms with E-state index in [0.29, 0.717) is 0 Å². The van der Waals surface area contributed by atoms with Crippen molar-refractivity contribution in [3.8, 4) is 0 Å². The van der Waals surface area contributed by atoms with Crippen LogP contribution in [0.1, 0.15) is 10.4 Å². The fourth-order valence-electron chi connectivity index (χ4n) is 2.02. The van der Waals surface area contributed by atoms with E-state index in [1.54, 1.807) is 0 Å². The highest BCUT2D eigenvalue weighted by Crippen LogP contribution is 2.26. The molecule has 0 aliphatic rings. The molecule has 0 unspecified atom stereocenters. The first-order valence-corrected chi connectivity index (χ1v) is 6.24. The molecule has 0 spiro atoms. The third-order valence-corrected chi connectivity index (χ3v) is 3.78. The molecule has 0 amide bonds. The molecule has 3 rings (SSSR count). The molecule has 0 saturated carbocycles. The van der Waals surface area contributed by atoms with Gasteiger partial charge in [-0.25, -0.2) is 0 Å². The first kappa shape index (κ1) is 9.67. The number of benzene rings is 1. The summed E-state index contributed by atoms with van der Waals surface area (Å²) in [6.45, 7) is 3.12. The fraction of sp³-hybridized carbons (Fsp3) is 0.143. The average molecular weight is 227 g/mol. The second kappa shape index (κ2) is 3.80. The summed E-state index contributed by atoms with van der Waals surface area (Å²) in [6, 6.07) is 15.1. The van der Waals surface area contributed by atoms with Gasteiger partial charge in [0.15, 0.2) is 0 Å². The fourth-order valence-corrected chi connectivity index (χ4v) is 2.95. The minimum Gasteiger partial charge on any atom is -0.342 e. The maximum atomic E-state index is 2.31. The molecule has 0 saturated heterocycles. The zero-order valence-corrected chi connectivity index (χ0v) is 10.00. The molecule has 0 N–H and O–H groups in total. The van der Waals surface area contributed by atoms with Crippen molar-refractivity contribution in [2.45, 2.75) is 13.5 Å². The molecule has 1 aromatic carbocycles. The molecule has 16 heavy (non-hydrogen) atoms. The van der Waals surface area contributed by atoms with Crippen LogP contribution in [0, 0.1) is 6.92 Å². The highest BCUT2D eigenvalue weighted by molar-refractivity contribution is 7.18. The van der Waals surface area contributed by atoms with Crippen LogP contribution in [0.2, 0.25) is 0 Å². The smallest absolute Gasteiger partial charge is 0.0595 e. The summed E-state index contributed by atoms with van der Waals surface area (Å²) in [5.41, 5.74) is 2.70. The molecule has 2 aromatic heterocycles. The zero-order valence-electron chi connectivity index (χ0n) is 9.18. The Bertz CT molecular complexity index is 604. The molecule has 0 radical (unpaired) electrons. The summed E-state index contributed by atoms with van der Waals surface area (Å²) in [4.78, 5) is 1.38. The number of aryl methyl sites for hydroxylation is 1. The predicted molar refractivity (Wildman–Crippen MR) is 70.1 cm³/mol. The molecule has 2 heterocycles. The van der Waals surface area contributed by atoms with Crippen LogP contribution >= 0.6 is 11.3 Å². The Labute approximate surface area is 99.0 Å². The van der Waals surface area contributed by atoms with E-state index in [2.05, 4.69) is 60.2 Å².